The SMILES string of the molecule is C#CCNc1ccnc2sc3c(=O)n(-c4ccc(S)cc4)ccc3c12. The van der Waals surface area contributed by atoms with Crippen molar-refractivity contribution in [1.29, 1.82) is 0 Å². The quantitative estimate of drug-likeness (QED) is 0.428. The Hall–Kier alpha value is -2.75. The predicted molar refractivity (Wildman–Crippen MR) is 107 cm³/mol. The maximum Gasteiger partial charge on any atom is 0.273 e. The number of hydrogen-bond donors (Lipinski definition) is 2. The van der Waals surface area contributed by atoms with Gasteiger partial charge in [-0.3, -0.25) is 9.36 Å². The van der Waals surface area contributed by atoms with Gasteiger partial charge >= 0.3 is 0 Å². The monoisotopic (exact) mass is 363 g/mol. The number of anilines is 1. The van der Waals surface area contributed by atoms with Gasteiger partial charge in [-0.05, 0) is 36.4 Å². The number of aromatic nitrogens is 2. The van der Waals surface area contributed by atoms with E-state index in [9.17, 15) is 4.79 Å². The number of benzene rings is 1. The Morgan fingerprint density at radius 1 is 1.24 bits per heavy atom. The van der Waals surface area contributed by atoms with Gasteiger partial charge in [0.25, 0.3) is 5.56 Å². The zero-order chi connectivity index (χ0) is 17.4. The van der Waals surface area contributed by atoms with Crippen LogP contribution in [0.4, 0.5) is 5.69 Å². The van der Waals surface area contributed by atoms with Crippen molar-refractivity contribution in [2.75, 3.05) is 11.9 Å². The molecule has 0 saturated carbocycles. The van der Waals surface area contributed by atoms with Crippen LogP contribution in [0.25, 0.3) is 26.0 Å². The first-order valence-corrected chi connectivity index (χ1v) is 8.85. The fraction of sp³-hybridized carbons (Fsp3) is 0.0526. The summed E-state index contributed by atoms with van der Waals surface area (Å²) < 4.78 is 2.31. The van der Waals surface area contributed by atoms with E-state index in [1.54, 1.807) is 17.0 Å². The predicted octanol–water partition coefficient (Wildman–Crippen LogP) is 3.93. The molecule has 4 aromatic rings. The van der Waals surface area contributed by atoms with Gasteiger partial charge in [-0.15, -0.1) is 30.4 Å². The molecule has 0 fully saturated rings. The average Bonchev–Trinajstić information content (AvgIpc) is 3.01. The third kappa shape index (κ3) is 2.68. The van der Waals surface area contributed by atoms with Gasteiger partial charge in [0.1, 0.15) is 9.53 Å². The summed E-state index contributed by atoms with van der Waals surface area (Å²) in [5.74, 6) is 2.57. The summed E-state index contributed by atoms with van der Waals surface area (Å²) in [6.07, 6.45) is 8.86. The highest BCUT2D eigenvalue weighted by atomic mass is 32.1. The third-order valence-corrected chi connectivity index (χ3v) is 5.34. The zero-order valence-corrected chi connectivity index (χ0v) is 14.8. The fourth-order valence-corrected chi connectivity index (χ4v) is 4.04. The van der Waals surface area contributed by atoms with Gasteiger partial charge in [0, 0.05) is 39.4 Å². The zero-order valence-electron chi connectivity index (χ0n) is 13.1. The van der Waals surface area contributed by atoms with Crippen LogP contribution in [0.1, 0.15) is 0 Å². The van der Waals surface area contributed by atoms with E-state index in [2.05, 4.69) is 28.8 Å². The van der Waals surface area contributed by atoms with Crippen LogP contribution in [0, 0.1) is 12.3 Å². The second-order valence-corrected chi connectivity index (χ2v) is 6.96. The maximum atomic E-state index is 13.0. The van der Waals surface area contributed by atoms with Crippen LogP contribution >= 0.6 is 24.0 Å². The fourth-order valence-electron chi connectivity index (χ4n) is 2.80. The molecule has 0 aliphatic carbocycles. The highest BCUT2D eigenvalue weighted by molar-refractivity contribution is 7.80. The van der Waals surface area contributed by atoms with Gasteiger partial charge in [-0.25, -0.2) is 4.98 Å². The van der Waals surface area contributed by atoms with Gasteiger partial charge in [-0.2, -0.15) is 0 Å². The number of thiol groups is 1. The molecule has 3 aromatic heterocycles. The largest absolute Gasteiger partial charge is 0.374 e. The molecule has 0 aliphatic rings. The maximum absolute atomic E-state index is 13.0. The standard InChI is InChI=1S/C19H13N3OS2/c1-2-9-20-15-7-10-21-18-16(15)14-8-11-22(19(23)17(14)25-18)12-3-5-13(24)6-4-12/h1,3-8,10-11,24H,9H2,(H,20,21). The topological polar surface area (TPSA) is 46.9 Å². The molecule has 0 aliphatic heterocycles. The van der Waals surface area contributed by atoms with Gasteiger partial charge in [0.15, 0.2) is 0 Å². The Kier molecular flexibility index (Phi) is 3.96. The van der Waals surface area contributed by atoms with E-state index in [1.165, 1.54) is 11.3 Å². The van der Waals surface area contributed by atoms with Crippen molar-refractivity contribution < 1.29 is 0 Å². The van der Waals surface area contributed by atoms with Crippen molar-refractivity contribution in [2.24, 2.45) is 0 Å². The minimum Gasteiger partial charge on any atom is -0.374 e. The Bertz CT molecular complexity index is 1180. The summed E-state index contributed by atoms with van der Waals surface area (Å²) in [6.45, 7) is 0.420. The Morgan fingerprint density at radius 2 is 2.04 bits per heavy atom. The highest BCUT2D eigenvalue weighted by Gasteiger charge is 2.14. The van der Waals surface area contributed by atoms with E-state index in [1.807, 2.05) is 36.4 Å². The molecule has 0 saturated heterocycles. The molecule has 1 aromatic carbocycles. The molecule has 1 N–H and O–H groups in total. The molecule has 0 amide bonds. The minimum absolute atomic E-state index is 0.0599. The van der Waals surface area contributed by atoms with Crippen molar-refractivity contribution in [2.45, 2.75) is 4.90 Å². The first-order chi connectivity index (χ1) is 12.2. The molecule has 0 spiro atoms. The molecular weight excluding hydrogens is 350 g/mol. The lowest BCUT2D eigenvalue weighted by Crippen LogP contribution is -2.16. The normalized spacial score (nSPS) is 10.9. The van der Waals surface area contributed by atoms with Crippen LogP contribution in [-0.2, 0) is 0 Å². The average molecular weight is 363 g/mol. The first-order valence-electron chi connectivity index (χ1n) is 7.58. The molecule has 6 heteroatoms. The van der Waals surface area contributed by atoms with E-state index in [0.717, 1.165) is 31.9 Å². The van der Waals surface area contributed by atoms with Crippen molar-refractivity contribution in [1.82, 2.24) is 9.55 Å². The molecule has 0 radical (unpaired) electrons. The van der Waals surface area contributed by atoms with Crippen molar-refractivity contribution in [3.8, 4) is 18.0 Å². The second kappa shape index (κ2) is 6.28. The van der Waals surface area contributed by atoms with Crippen LogP contribution < -0.4 is 10.9 Å². The number of pyridine rings is 2. The van der Waals surface area contributed by atoms with E-state index in [-0.39, 0.29) is 5.56 Å². The molecular formula is C19H13N3OS2. The summed E-state index contributed by atoms with van der Waals surface area (Å²) in [6, 6.07) is 11.3. The van der Waals surface area contributed by atoms with E-state index in [0.29, 0.717) is 11.2 Å². The van der Waals surface area contributed by atoms with E-state index in [4.69, 9.17) is 6.42 Å². The van der Waals surface area contributed by atoms with Crippen LogP contribution in [0.3, 0.4) is 0 Å². The molecule has 0 atom stereocenters. The molecule has 4 nitrogen and oxygen atoms in total. The van der Waals surface area contributed by atoms with E-state index < -0.39 is 0 Å². The van der Waals surface area contributed by atoms with Crippen molar-refractivity contribution in [3.05, 3.63) is 59.1 Å². The minimum atomic E-state index is -0.0599. The van der Waals surface area contributed by atoms with Crippen LogP contribution in [0.15, 0.2) is 58.5 Å². The van der Waals surface area contributed by atoms with Gasteiger partial charge in [-0.1, -0.05) is 5.92 Å². The Morgan fingerprint density at radius 3 is 2.80 bits per heavy atom. The van der Waals surface area contributed by atoms with Gasteiger partial charge in [0.05, 0.1) is 6.54 Å². The van der Waals surface area contributed by atoms with Crippen molar-refractivity contribution in [3.63, 3.8) is 0 Å². The molecule has 25 heavy (non-hydrogen) atoms. The number of thiophene rings is 1. The smallest absolute Gasteiger partial charge is 0.273 e. The second-order valence-electron chi connectivity index (χ2n) is 5.45. The van der Waals surface area contributed by atoms with Gasteiger partial charge < -0.3 is 5.32 Å². The van der Waals surface area contributed by atoms with Crippen LogP contribution in [0.5, 0.6) is 0 Å². The highest BCUT2D eigenvalue weighted by Crippen LogP contribution is 2.35. The van der Waals surface area contributed by atoms with E-state index >= 15 is 0 Å². The number of nitrogens with zero attached hydrogens (tertiary/aromatic N) is 2. The Labute approximate surface area is 153 Å². The number of fused-ring (bicyclic) bond motifs is 3. The lowest BCUT2D eigenvalue weighted by Gasteiger charge is -2.07. The number of rotatable bonds is 3. The Balaban J connectivity index is 1.96. The molecule has 4 rings (SSSR count). The summed E-state index contributed by atoms with van der Waals surface area (Å²) in [5, 5.41) is 5.03. The summed E-state index contributed by atoms with van der Waals surface area (Å²) >= 11 is 5.68. The van der Waals surface area contributed by atoms with Gasteiger partial charge in [0.2, 0.25) is 0 Å². The summed E-state index contributed by atoms with van der Waals surface area (Å²) in [5.41, 5.74) is 1.64. The lowest BCUT2D eigenvalue weighted by atomic mass is 10.2. The van der Waals surface area contributed by atoms with Crippen LogP contribution in [-0.4, -0.2) is 16.1 Å². The molecule has 122 valence electrons. The van der Waals surface area contributed by atoms with Crippen molar-refractivity contribution >= 4 is 50.0 Å². The first kappa shape index (κ1) is 15.8. The molecule has 3 heterocycles. The lowest BCUT2D eigenvalue weighted by molar-refractivity contribution is 1.01. The molecule has 0 bridgehead atoms. The third-order valence-electron chi connectivity index (χ3n) is 3.94. The van der Waals surface area contributed by atoms with Crippen LogP contribution in [0.2, 0.25) is 0 Å². The molecule has 0 unspecified atom stereocenters. The summed E-state index contributed by atoms with van der Waals surface area (Å²) in [4.78, 5) is 19.1. The summed E-state index contributed by atoms with van der Waals surface area (Å²) in [7, 11) is 0. The number of nitrogens with one attached hydrogen (secondary N) is 1. The number of hydrogen-bond acceptors (Lipinski definition) is 5. The number of terminal acetylenes is 1.